The first-order valence-electron chi connectivity index (χ1n) is 11.6. The highest BCUT2D eigenvalue weighted by Gasteiger charge is 2.16. The molecule has 0 unspecified atom stereocenters. The number of nitrogens with zero attached hydrogens (tertiary/aromatic N) is 5. The van der Waals surface area contributed by atoms with Gasteiger partial charge in [0.15, 0.2) is 5.82 Å². The fourth-order valence-corrected chi connectivity index (χ4v) is 5.52. The molecule has 10 heteroatoms. The molecule has 0 fully saturated rings. The number of halogens is 1. The van der Waals surface area contributed by atoms with Crippen LogP contribution in [0, 0.1) is 0 Å². The molecule has 3 aromatic heterocycles. The van der Waals surface area contributed by atoms with Crippen LogP contribution in [0.4, 0.5) is 0 Å². The Morgan fingerprint density at radius 3 is 2.37 bits per heavy atom. The van der Waals surface area contributed by atoms with E-state index in [0.29, 0.717) is 15.3 Å². The standard InChI is InChI=1S/C28H20BrN5O3S/c1-36-21-11-8-17(9-12-21)26-30-28-34(32-26)27(35)24(38-28)15-19-16-33(20-6-4-3-5-7-20)31-25(19)18-10-13-23(37-2)22(29)14-18/h3-16H,1-2H3. The Morgan fingerprint density at radius 1 is 0.921 bits per heavy atom. The van der Waals surface area contributed by atoms with Crippen molar-refractivity contribution in [1.82, 2.24) is 24.4 Å². The molecule has 38 heavy (non-hydrogen) atoms. The maximum Gasteiger partial charge on any atom is 0.291 e. The van der Waals surface area contributed by atoms with Gasteiger partial charge in [-0.3, -0.25) is 4.79 Å². The number of methoxy groups -OCH3 is 2. The van der Waals surface area contributed by atoms with Gasteiger partial charge in [0, 0.05) is 22.9 Å². The summed E-state index contributed by atoms with van der Waals surface area (Å²) in [7, 11) is 3.24. The van der Waals surface area contributed by atoms with Crippen molar-refractivity contribution in [2.75, 3.05) is 14.2 Å². The van der Waals surface area contributed by atoms with E-state index in [2.05, 4.69) is 26.0 Å². The maximum absolute atomic E-state index is 13.3. The Kier molecular flexibility index (Phi) is 6.26. The number of aromatic nitrogens is 5. The second kappa shape index (κ2) is 9.88. The molecule has 0 spiro atoms. The number of hydrogen-bond donors (Lipinski definition) is 0. The Hall–Kier alpha value is -4.28. The molecule has 0 aliphatic heterocycles. The van der Waals surface area contributed by atoms with E-state index in [1.54, 1.807) is 14.2 Å². The second-order valence-electron chi connectivity index (χ2n) is 8.34. The van der Waals surface area contributed by atoms with E-state index in [4.69, 9.17) is 14.6 Å². The summed E-state index contributed by atoms with van der Waals surface area (Å²) in [4.78, 5) is 18.4. The van der Waals surface area contributed by atoms with Gasteiger partial charge in [0.25, 0.3) is 5.56 Å². The van der Waals surface area contributed by atoms with Crippen LogP contribution in [0.2, 0.25) is 0 Å². The predicted octanol–water partition coefficient (Wildman–Crippen LogP) is 5.00. The molecule has 0 bridgehead atoms. The molecule has 0 atom stereocenters. The lowest BCUT2D eigenvalue weighted by atomic mass is 10.1. The molecular formula is C28H20BrN5O3S. The fraction of sp³-hybridized carbons (Fsp3) is 0.0714. The molecule has 0 N–H and O–H groups in total. The zero-order valence-corrected chi connectivity index (χ0v) is 22.7. The lowest BCUT2D eigenvalue weighted by molar-refractivity contribution is 0.412. The van der Waals surface area contributed by atoms with Crippen LogP contribution in [0.3, 0.4) is 0 Å². The summed E-state index contributed by atoms with van der Waals surface area (Å²) in [6, 6.07) is 23.0. The van der Waals surface area contributed by atoms with E-state index in [0.717, 1.165) is 44.0 Å². The molecule has 3 heterocycles. The van der Waals surface area contributed by atoms with Gasteiger partial charge in [-0.25, -0.2) is 4.68 Å². The van der Waals surface area contributed by atoms with Gasteiger partial charge >= 0.3 is 0 Å². The largest absolute Gasteiger partial charge is 0.497 e. The summed E-state index contributed by atoms with van der Waals surface area (Å²) in [5.41, 5.74) is 3.90. The van der Waals surface area contributed by atoms with Gasteiger partial charge in [-0.05, 0) is 76.6 Å². The molecule has 6 rings (SSSR count). The first-order chi connectivity index (χ1) is 18.5. The molecule has 188 valence electrons. The highest BCUT2D eigenvalue weighted by molar-refractivity contribution is 9.10. The van der Waals surface area contributed by atoms with Gasteiger partial charge in [-0.2, -0.15) is 14.6 Å². The van der Waals surface area contributed by atoms with Crippen molar-refractivity contribution in [3.8, 4) is 39.8 Å². The number of hydrogen-bond acceptors (Lipinski definition) is 7. The Labute approximate surface area is 229 Å². The van der Waals surface area contributed by atoms with Crippen LogP contribution < -0.4 is 19.6 Å². The van der Waals surface area contributed by atoms with Gasteiger partial charge in [-0.1, -0.05) is 29.5 Å². The van der Waals surface area contributed by atoms with Crippen LogP contribution in [-0.2, 0) is 0 Å². The van der Waals surface area contributed by atoms with Crippen LogP contribution >= 0.6 is 27.3 Å². The van der Waals surface area contributed by atoms with Crippen molar-refractivity contribution in [3.05, 3.63) is 104 Å². The molecule has 8 nitrogen and oxygen atoms in total. The normalized spacial score (nSPS) is 11.8. The van der Waals surface area contributed by atoms with Gasteiger partial charge < -0.3 is 9.47 Å². The first-order valence-corrected chi connectivity index (χ1v) is 13.2. The van der Waals surface area contributed by atoms with Crippen molar-refractivity contribution in [2.24, 2.45) is 0 Å². The van der Waals surface area contributed by atoms with E-state index in [9.17, 15) is 4.79 Å². The average molecular weight is 586 g/mol. The van der Waals surface area contributed by atoms with Crippen LogP contribution in [0.25, 0.3) is 39.4 Å². The van der Waals surface area contributed by atoms with E-state index >= 15 is 0 Å². The number of fused-ring (bicyclic) bond motifs is 1. The van der Waals surface area contributed by atoms with Crippen molar-refractivity contribution >= 4 is 38.3 Å². The Bertz CT molecular complexity index is 1880. The zero-order valence-electron chi connectivity index (χ0n) is 20.3. The number of benzene rings is 3. The predicted molar refractivity (Wildman–Crippen MR) is 151 cm³/mol. The number of thiazole rings is 1. The summed E-state index contributed by atoms with van der Waals surface area (Å²) < 4.78 is 15.1. The maximum atomic E-state index is 13.3. The van der Waals surface area contributed by atoms with Crippen molar-refractivity contribution in [2.45, 2.75) is 0 Å². The summed E-state index contributed by atoms with van der Waals surface area (Å²) in [6.45, 7) is 0. The minimum atomic E-state index is -0.230. The molecule has 0 aliphatic rings. The van der Waals surface area contributed by atoms with Gasteiger partial charge in [0.1, 0.15) is 17.2 Å². The van der Waals surface area contributed by atoms with Crippen molar-refractivity contribution in [3.63, 3.8) is 0 Å². The molecular weight excluding hydrogens is 566 g/mol. The zero-order chi connectivity index (χ0) is 26.2. The van der Waals surface area contributed by atoms with Crippen LogP contribution in [-0.4, -0.2) is 38.6 Å². The lowest BCUT2D eigenvalue weighted by Gasteiger charge is -2.05. The highest BCUT2D eigenvalue weighted by Crippen LogP contribution is 2.32. The quantitative estimate of drug-likeness (QED) is 0.273. The van der Waals surface area contributed by atoms with Crippen molar-refractivity contribution < 1.29 is 9.47 Å². The molecule has 0 amide bonds. The molecule has 3 aromatic carbocycles. The third-order valence-electron chi connectivity index (χ3n) is 6.01. The topological polar surface area (TPSA) is 83.5 Å². The second-order valence-corrected chi connectivity index (χ2v) is 10.2. The van der Waals surface area contributed by atoms with E-state index in [1.807, 2.05) is 89.8 Å². The molecule has 0 saturated heterocycles. The molecule has 0 saturated carbocycles. The van der Waals surface area contributed by atoms with Crippen LogP contribution in [0.1, 0.15) is 5.56 Å². The molecule has 0 radical (unpaired) electrons. The van der Waals surface area contributed by atoms with Crippen molar-refractivity contribution in [1.29, 1.82) is 0 Å². The number of para-hydroxylation sites is 1. The Morgan fingerprint density at radius 2 is 1.68 bits per heavy atom. The monoisotopic (exact) mass is 585 g/mol. The minimum absolute atomic E-state index is 0.230. The lowest BCUT2D eigenvalue weighted by Crippen LogP contribution is -2.23. The number of ether oxygens (including phenoxy) is 2. The Balaban J connectivity index is 1.46. The van der Waals surface area contributed by atoms with E-state index < -0.39 is 0 Å². The highest BCUT2D eigenvalue weighted by atomic mass is 79.9. The third-order valence-corrected chi connectivity index (χ3v) is 7.58. The third kappa shape index (κ3) is 4.37. The fourth-order valence-electron chi connectivity index (χ4n) is 4.08. The molecule has 0 aliphatic carbocycles. The average Bonchev–Trinajstić information content (AvgIpc) is 3.64. The number of rotatable bonds is 6. The summed E-state index contributed by atoms with van der Waals surface area (Å²) >= 11 is 4.86. The summed E-state index contributed by atoms with van der Waals surface area (Å²) in [6.07, 6.45) is 3.76. The minimum Gasteiger partial charge on any atom is -0.497 e. The SMILES string of the molecule is COc1ccc(-c2nc3sc(=Cc4cn(-c5ccccc5)nc4-c4ccc(OC)c(Br)c4)c(=O)n3n2)cc1. The summed E-state index contributed by atoms with van der Waals surface area (Å²) in [5, 5.41) is 9.33. The van der Waals surface area contributed by atoms with Gasteiger partial charge in [-0.15, -0.1) is 5.10 Å². The van der Waals surface area contributed by atoms with E-state index in [1.165, 1.54) is 15.9 Å². The van der Waals surface area contributed by atoms with E-state index in [-0.39, 0.29) is 5.56 Å². The van der Waals surface area contributed by atoms with Gasteiger partial charge in [0.05, 0.1) is 28.9 Å². The van der Waals surface area contributed by atoms with Crippen LogP contribution in [0.5, 0.6) is 11.5 Å². The molecule has 6 aromatic rings. The first kappa shape index (κ1) is 24.1. The van der Waals surface area contributed by atoms with Crippen LogP contribution in [0.15, 0.2) is 88.3 Å². The smallest absolute Gasteiger partial charge is 0.291 e. The summed E-state index contributed by atoms with van der Waals surface area (Å²) in [5.74, 6) is 1.96. The van der Waals surface area contributed by atoms with Gasteiger partial charge in [0.2, 0.25) is 4.96 Å².